The summed E-state index contributed by atoms with van der Waals surface area (Å²) in [5, 5.41) is 0. The van der Waals surface area contributed by atoms with Gasteiger partial charge in [-0.3, -0.25) is 0 Å². The van der Waals surface area contributed by atoms with Crippen molar-refractivity contribution in [3.05, 3.63) is 23.6 Å². The summed E-state index contributed by atoms with van der Waals surface area (Å²) in [5.74, 6) is 0.864. The lowest BCUT2D eigenvalue weighted by atomic mass is 9.75. The van der Waals surface area contributed by atoms with Crippen molar-refractivity contribution in [1.29, 1.82) is 0 Å². The van der Waals surface area contributed by atoms with Crippen LogP contribution in [0.1, 0.15) is 37.2 Å². The van der Waals surface area contributed by atoms with Crippen LogP contribution in [0.4, 0.5) is 10.2 Å². The molecule has 0 bridgehead atoms. The number of hydrogen-bond donors (Lipinski definition) is 1. The number of anilines is 1. The molecule has 1 aromatic rings. The Balaban J connectivity index is 1.48. The van der Waals surface area contributed by atoms with Gasteiger partial charge in [-0.25, -0.2) is 9.37 Å². The fourth-order valence-electron chi connectivity index (χ4n) is 3.67. The van der Waals surface area contributed by atoms with Crippen molar-refractivity contribution in [3.63, 3.8) is 0 Å². The fraction of sp³-hybridized carbons (Fsp3) is 0.688. The van der Waals surface area contributed by atoms with Gasteiger partial charge in [-0.1, -0.05) is 0 Å². The molecule has 1 saturated carbocycles. The van der Waals surface area contributed by atoms with E-state index in [1.807, 2.05) is 6.20 Å². The zero-order valence-electron chi connectivity index (χ0n) is 12.2. The molecule has 4 nitrogen and oxygen atoms in total. The van der Waals surface area contributed by atoms with Crippen LogP contribution in [0.2, 0.25) is 0 Å². The van der Waals surface area contributed by atoms with E-state index in [0.29, 0.717) is 18.3 Å². The molecular formula is C16H22FN3O. The second-order valence-electron chi connectivity index (χ2n) is 6.82. The quantitative estimate of drug-likeness (QED) is 0.906. The normalized spacial score (nSPS) is 28.3. The number of halogens is 1. The third-order valence-corrected chi connectivity index (χ3v) is 5.42. The average Bonchev–Trinajstić information content (AvgIpc) is 3.28. The zero-order valence-corrected chi connectivity index (χ0v) is 12.2. The van der Waals surface area contributed by atoms with Crippen LogP contribution in [-0.4, -0.2) is 37.3 Å². The van der Waals surface area contributed by atoms with E-state index >= 15 is 0 Å². The third-order valence-electron chi connectivity index (χ3n) is 5.42. The van der Waals surface area contributed by atoms with E-state index in [1.165, 1.54) is 12.8 Å². The standard InChI is InChI=1S/C16H22FN3O/c17-13-7-12(11-1-2-11)8-19-15(13)20-5-3-16(4-6-20)10-21-9-14(16)18/h7-8,11,14H,1-6,9-10,18H2. The molecule has 0 amide bonds. The molecular weight excluding hydrogens is 269 g/mol. The van der Waals surface area contributed by atoms with Crippen molar-refractivity contribution < 1.29 is 9.13 Å². The van der Waals surface area contributed by atoms with Crippen molar-refractivity contribution in [3.8, 4) is 0 Å². The Labute approximate surface area is 124 Å². The van der Waals surface area contributed by atoms with Gasteiger partial charge < -0.3 is 15.4 Å². The molecule has 3 fully saturated rings. The topological polar surface area (TPSA) is 51.4 Å². The predicted molar refractivity (Wildman–Crippen MR) is 78.8 cm³/mol. The van der Waals surface area contributed by atoms with Gasteiger partial charge in [0.2, 0.25) is 0 Å². The van der Waals surface area contributed by atoms with E-state index in [2.05, 4.69) is 9.88 Å². The molecule has 2 saturated heterocycles. The highest BCUT2D eigenvalue weighted by Gasteiger charge is 2.44. The van der Waals surface area contributed by atoms with Crippen LogP contribution in [0, 0.1) is 11.2 Å². The maximum Gasteiger partial charge on any atom is 0.165 e. The van der Waals surface area contributed by atoms with Crippen LogP contribution in [-0.2, 0) is 4.74 Å². The Morgan fingerprint density at radius 2 is 2.10 bits per heavy atom. The number of piperidine rings is 1. The van der Waals surface area contributed by atoms with Gasteiger partial charge >= 0.3 is 0 Å². The average molecular weight is 291 g/mol. The Morgan fingerprint density at radius 1 is 1.33 bits per heavy atom. The molecule has 114 valence electrons. The number of pyridine rings is 1. The van der Waals surface area contributed by atoms with E-state index in [9.17, 15) is 4.39 Å². The van der Waals surface area contributed by atoms with E-state index in [0.717, 1.165) is 38.1 Å². The van der Waals surface area contributed by atoms with Gasteiger partial charge in [0.15, 0.2) is 11.6 Å². The van der Waals surface area contributed by atoms with Crippen molar-refractivity contribution in [2.75, 3.05) is 31.2 Å². The van der Waals surface area contributed by atoms with E-state index in [-0.39, 0.29) is 17.3 Å². The number of hydrogen-bond acceptors (Lipinski definition) is 4. The summed E-state index contributed by atoms with van der Waals surface area (Å²) in [5.41, 5.74) is 7.34. The van der Waals surface area contributed by atoms with Gasteiger partial charge in [0.25, 0.3) is 0 Å². The lowest BCUT2D eigenvalue weighted by Crippen LogP contribution is -2.49. The number of nitrogens with zero attached hydrogens (tertiary/aromatic N) is 2. The second-order valence-corrected chi connectivity index (χ2v) is 6.82. The third kappa shape index (κ3) is 2.32. The molecule has 0 radical (unpaired) electrons. The summed E-state index contributed by atoms with van der Waals surface area (Å²) in [4.78, 5) is 6.44. The molecule has 1 aliphatic carbocycles. The van der Waals surface area contributed by atoms with Gasteiger partial charge in [0.05, 0.1) is 13.2 Å². The van der Waals surface area contributed by atoms with Crippen LogP contribution >= 0.6 is 0 Å². The van der Waals surface area contributed by atoms with Gasteiger partial charge in [-0.15, -0.1) is 0 Å². The van der Waals surface area contributed by atoms with E-state index in [4.69, 9.17) is 10.5 Å². The highest BCUT2D eigenvalue weighted by Crippen LogP contribution is 2.42. The number of nitrogens with two attached hydrogens (primary N) is 1. The lowest BCUT2D eigenvalue weighted by Gasteiger charge is -2.41. The number of ether oxygens (including phenoxy) is 1. The molecule has 2 N–H and O–H groups in total. The molecule has 1 unspecified atom stereocenters. The highest BCUT2D eigenvalue weighted by molar-refractivity contribution is 5.43. The largest absolute Gasteiger partial charge is 0.379 e. The van der Waals surface area contributed by atoms with Crippen molar-refractivity contribution in [2.24, 2.45) is 11.1 Å². The van der Waals surface area contributed by atoms with Gasteiger partial charge in [0, 0.05) is 30.7 Å². The predicted octanol–water partition coefficient (Wildman–Crippen LogP) is 2.04. The smallest absolute Gasteiger partial charge is 0.165 e. The summed E-state index contributed by atoms with van der Waals surface area (Å²) >= 11 is 0. The molecule has 0 aromatic carbocycles. The first-order valence-electron chi connectivity index (χ1n) is 7.92. The minimum absolute atomic E-state index is 0.0981. The summed E-state index contributed by atoms with van der Waals surface area (Å²) in [6.45, 7) is 3.02. The Morgan fingerprint density at radius 3 is 2.67 bits per heavy atom. The summed E-state index contributed by atoms with van der Waals surface area (Å²) in [6.07, 6.45) is 6.11. The first-order valence-corrected chi connectivity index (χ1v) is 7.92. The molecule has 4 rings (SSSR count). The Hall–Kier alpha value is -1.20. The second kappa shape index (κ2) is 4.92. The molecule has 1 aromatic heterocycles. The first-order chi connectivity index (χ1) is 10.2. The van der Waals surface area contributed by atoms with Crippen LogP contribution in [0.3, 0.4) is 0 Å². The molecule has 2 aliphatic heterocycles. The zero-order chi connectivity index (χ0) is 14.4. The summed E-state index contributed by atoms with van der Waals surface area (Å²) in [7, 11) is 0. The van der Waals surface area contributed by atoms with Gasteiger partial charge in [0.1, 0.15) is 0 Å². The monoisotopic (exact) mass is 291 g/mol. The molecule has 21 heavy (non-hydrogen) atoms. The van der Waals surface area contributed by atoms with Crippen LogP contribution in [0.5, 0.6) is 0 Å². The van der Waals surface area contributed by atoms with Gasteiger partial charge in [-0.05, 0) is 43.2 Å². The van der Waals surface area contributed by atoms with E-state index in [1.54, 1.807) is 6.07 Å². The Kier molecular flexibility index (Phi) is 3.15. The lowest BCUT2D eigenvalue weighted by molar-refractivity contribution is 0.131. The molecule has 3 heterocycles. The summed E-state index contributed by atoms with van der Waals surface area (Å²) in [6, 6.07) is 1.80. The highest BCUT2D eigenvalue weighted by atomic mass is 19.1. The van der Waals surface area contributed by atoms with Crippen molar-refractivity contribution in [1.82, 2.24) is 4.98 Å². The van der Waals surface area contributed by atoms with Gasteiger partial charge in [-0.2, -0.15) is 0 Å². The number of rotatable bonds is 2. The summed E-state index contributed by atoms with van der Waals surface area (Å²) < 4.78 is 19.8. The maximum absolute atomic E-state index is 14.3. The van der Waals surface area contributed by atoms with Crippen molar-refractivity contribution >= 4 is 5.82 Å². The van der Waals surface area contributed by atoms with E-state index < -0.39 is 0 Å². The molecule has 3 aliphatic rings. The minimum Gasteiger partial charge on any atom is -0.379 e. The minimum atomic E-state index is -0.178. The van der Waals surface area contributed by atoms with Crippen LogP contribution in [0.25, 0.3) is 0 Å². The Bertz CT molecular complexity index is 538. The first kappa shape index (κ1) is 13.5. The molecule has 5 heteroatoms. The van der Waals surface area contributed by atoms with Crippen LogP contribution < -0.4 is 10.6 Å². The number of aromatic nitrogens is 1. The fourth-order valence-corrected chi connectivity index (χ4v) is 3.67. The SMILES string of the molecule is NC1COCC12CCN(c1ncc(C3CC3)cc1F)CC2. The molecule has 1 atom stereocenters. The molecule has 1 spiro atoms. The maximum atomic E-state index is 14.3. The van der Waals surface area contributed by atoms with Crippen molar-refractivity contribution in [2.45, 2.75) is 37.6 Å². The van der Waals surface area contributed by atoms with Crippen LogP contribution in [0.15, 0.2) is 12.3 Å².